The third-order valence-corrected chi connectivity index (χ3v) is 4.00. The predicted octanol–water partition coefficient (Wildman–Crippen LogP) is 2.35. The molecule has 20 heavy (non-hydrogen) atoms. The molecule has 2 rings (SSSR count). The molecule has 0 amide bonds. The first-order valence-electron chi connectivity index (χ1n) is 6.68. The van der Waals surface area contributed by atoms with Crippen LogP contribution < -0.4 is 4.90 Å². The first kappa shape index (κ1) is 15.1. The highest BCUT2D eigenvalue weighted by molar-refractivity contribution is 6.35. The summed E-state index contributed by atoms with van der Waals surface area (Å²) in [5, 5.41) is 9.32. The zero-order chi connectivity index (χ0) is 14.9. The van der Waals surface area contributed by atoms with E-state index in [0.717, 1.165) is 26.2 Å². The molecule has 1 aromatic heterocycles. The van der Waals surface area contributed by atoms with Gasteiger partial charge in [-0.25, -0.2) is 9.78 Å². The van der Waals surface area contributed by atoms with E-state index < -0.39 is 5.97 Å². The van der Waals surface area contributed by atoms with E-state index in [9.17, 15) is 4.79 Å². The fourth-order valence-electron chi connectivity index (χ4n) is 2.41. The van der Waals surface area contributed by atoms with Crippen LogP contribution in [0.5, 0.6) is 0 Å². The summed E-state index contributed by atoms with van der Waals surface area (Å²) in [6.45, 7) is 10.0. The van der Waals surface area contributed by atoms with Crippen LogP contribution in [-0.2, 0) is 0 Å². The topological polar surface area (TPSA) is 56.7 Å². The Balaban J connectivity index is 2.15. The van der Waals surface area contributed by atoms with Gasteiger partial charge in [-0.2, -0.15) is 0 Å². The van der Waals surface area contributed by atoms with Gasteiger partial charge in [0.15, 0.2) is 0 Å². The van der Waals surface area contributed by atoms with Crippen molar-refractivity contribution in [3.05, 3.63) is 22.8 Å². The number of hydrogen-bond acceptors (Lipinski definition) is 4. The summed E-state index contributed by atoms with van der Waals surface area (Å²) < 4.78 is 0. The molecule has 0 unspecified atom stereocenters. The molecule has 5 nitrogen and oxygen atoms in total. The summed E-state index contributed by atoms with van der Waals surface area (Å²) in [5.41, 5.74) is 0.251. The molecule has 6 heteroatoms. The second-order valence-corrected chi connectivity index (χ2v) is 6.32. The molecule has 0 atom stereocenters. The minimum Gasteiger partial charge on any atom is -0.478 e. The lowest BCUT2D eigenvalue weighted by atomic mass is 10.0. The summed E-state index contributed by atoms with van der Waals surface area (Å²) in [7, 11) is 0. The maximum atomic E-state index is 11.1. The van der Waals surface area contributed by atoms with Crippen LogP contribution in [0.1, 0.15) is 31.1 Å². The number of pyridine rings is 1. The molecule has 0 bridgehead atoms. The standard InChI is InChI=1S/C14H20ClN3O2/c1-14(2,3)18-8-6-17(7-9-18)12-11(15)10(13(19)20)4-5-16-12/h4-5H,6-9H2,1-3H3,(H,19,20). The van der Waals surface area contributed by atoms with E-state index in [2.05, 4.69) is 35.6 Å². The Kier molecular flexibility index (Phi) is 4.20. The van der Waals surface area contributed by atoms with E-state index >= 15 is 0 Å². The number of carbonyl (C=O) groups is 1. The Hall–Kier alpha value is -1.33. The Morgan fingerprint density at radius 1 is 1.30 bits per heavy atom. The lowest BCUT2D eigenvalue weighted by Gasteiger charge is -2.42. The molecular weight excluding hydrogens is 278 g/mol. The van der Waals surface area contributed by atoms with Crippen molar-refractivity contribution in [2.24, 2.45) is 0 Å². The number of aromatic nitrogens is 1. The van der Waals surface area contributed by atoms with E-state index in [-0.39, 0.29) is 16.1 Å². The van der Waals surface area contributed by atoms with Crippen LogP contribution in [0.2, 0.25) is 5.02 Å². The lowest BCUT2D eigenvalue weighted by molar-refractivity contribution is 0.0697. The van der Waals surface area contributed by atoms with Crippen molar-refractivity contribution in [3.63, 3.8) is 0 Å². The number of carboxylic acids is 1. The smallest absolute Gasteiger partial charge is 0.337 e. The molecule has 0 radical (unpaired) electrons. The second kappa shape index (κ2) is 5.58. The van der Waals surface area contributed by atoms with Crippen LogP contribution in [0.25, 0.3) is 0 Å². The highest BCUT2D eigenvalue weighted by Crippen LogP contribution is 2.28. The van der Waals surface area contributed by atoms with Crippen molar-refractivity contribution in [2.75, 3.05) is 31.1 Å². The van der Waals surface area contributed by atoms with Crippen molar-refractivity contribution >= 4 is 23.4 Å². The van der Waals surface area contributed by atoms with Gasteiger partial charge < -0.3 is 10.0 Å². The third-order valence-electron chi connectivity index (χ3n) is 3.63. The molecule has 110 valence electrons. The van der Waals surface area contributed by atoms with Gasteiger partial charge in [-0.1, -0.05) is 11.6 Å². The summed E-state index contributed by atoms with van der Waals surface area (Å²) in [6, 6.07) is 1.43. The zero-order valence-corrected chi connectivity index (χ0v) is 12.8. The summed E-state index contributed by atoms with van der Waals surface area (Å²) in [4.78, 5) is 19.8. The van der Waals surface area contributed by atoms with Crippen LogP contribution in [0.4, 0.5) is 5.82 Å². The molecule has 0 aromatic carbocycles. The largest absolute Gasteiger partial charge is 0.478 e. The minimum atomic E-state index is -1.02. The molecule has 1 saturated heterocycles. The Morgan fingerprint density at radius 3 is 2.40 bits per heavy atom. The predicted molar refractivity (Wildman–Crippen MR) is 79.7 cm³/mol. The minimum absolute atomic E-state index is 0.106. The van der Waals surface area contributed by atoms with Crippen LogP contribution in [-0.4, -0.2) is 52.7 Å². The average molecular weight is 298 g/mol. The monoisotopic (exact) mass is 297 g/mol. The number of nitrogens with zero attached hydrogens (tertiary/aromatic N) is 3. The van der Waals surface area contributed by atoms with Gasteiger partial charge in [-0.3, -0.25) is 4.90 Å². The summed E-state index contributed by atoms with van der Waals surface area (Å²) >= 11 is 6.16. The number of piperazine rings is 1. The van der Waals surface area contributed by atoms with Crippen molar-refractivity contribution in [1.29, 1.82) is 0 Å². The number of carboxylic acid groups (broad SMARTS) is 1. The SMILES string of the molecule is CC(C)(C)N1CCN(c2nccc(C(=O)O)c2Cl)CC1. The number of aromatic carboxylic acids is 1. The van der Waals surface area contributed by atoms with Gasteiger partial charge in [0.1, 0.15) is 5.82 Å². The number of hydrogen-bond donors (Lipinski definition) is 1. The molecule has 1 fully saturated rings. The molecule has 0 saturated carbocycles. The lowest BCUT2D eigenvalue weighted by Crippen LogP contribution is -2.53. The summed E-state index contributed by atoms with van der Waals surface area (Å²) in [6.07, 6.45) is 1.50. The van der Waals surface area contributed by atoms with E-state index in [1.165, 1.54) is 12.3 Å². The Labute approximate surface area is 124 Å². The van der Waals surface area contributed by atoms with Gasteiger partial charge in [0.2, 0.25) is 0 Å². The molecule has 0 aliphatic carbocycles. The van der Waals surface area contributed by atoms with Crippen LogP contribution in [0.3, 0.4) is 0 Å². The maximum absolute atomic E-state index is 11.1. The second-order valence-electron chi connectivity index (χ2n) is 5.95. The Morgan fingerprint density at radius 2 is 1.90 bits per heavy atom. The molecular formula is C14H20ClN3O2. The van der Waals surface area contributed by atoms with E-state index in [0.29, 0.717) is 5.82 Å². The summed E-state index contributed by atoms with van der Waals surface area (Å²) in [5.74, 6) is -0.452. The maximum Gasteiger partial charge on any atom is 0.337 e. The molecule has 1 N–H and O–H groups in total. The fourth-order valence-corrected chi connectivity index (χ4v) is 2.72. The van der Waals surface area contributed by atoms with E-state index in [1.54, 1.807) is 0 Å². The molecule has 1 aliphatic rings. The number of rotatable bonds is 2. The number of halogens is 1. The highest BCUT2D eigenvalue weighted by Gasteiger charge is 2.27. The van der Waals surface area contributed by atoms with E-state index in [4.69, 9.17) is 16.7 Å². The van der Waals surface area contributed by atoms with Gasteiger partial charge in [0, 0.05) is 37.9 Å². The van der Waals surface area contributed by atoms with E-state index in [1.807, 2.05) is 0 Å². The third kappa shape index (κ3) is 3.04. The molecule has 1 aliphatic heterocycles. The van der Waals surface area contributed by atoms with Gasteiger partial charge in [-0.15, -0.1) is 0 Å². The quantitative estimate of drug-likeness (QED) is 0.908. The van der Waals surface area contributed by atoms with Crippen LogP contribution in [0, 0.1) is 0 Å². The van der Waals surface area contributed by atoms with Crippen molar-refractivity contribution < 1.29 is 9.90 Å². The number of anilines is 1. The van der Waals surface area contributed by atoms with Gasteiger partial charge in [0.05, 0.1) is 10.6 Å². The van der Waals surface area contributed by atoms with Crippen molar-refractivity contribution in [2.45, 2.75) is 26.3 Å². The van der Waals surface area contributed by atoms with Gasteiger partial charge in [-0.05, 0) is 26.8 Å². The normalized spacial score (nSPS) is 17.3. The van der Waals surface area contributed by atoms with Gasteiger partial charge >= 0.3 is 5.97 Å². The zero-order valence-electron chi connectivity index (χ0n) is 12.1. The molecule has 0 spiro atoms. The van der Waals surface area contributed by atoms with Gasteiger partial charge in [0.25, 0.3) is 0 Å². The molecule has 1 aromatic rings. The van der Waals surface area contributed by atoms with Crippen molar-refractivity contribution in [3.8, 4) is 0 Å². The first-order chi connectivity index (χ1) is 9.30. The van der Waals surface area contributed by atoms with Crippen molar-refractivity contribution in [1.82, 2.24) is 9.88 Å². The van der Waals surface area contributed by atoms with Crippen LogP contribution in [0.15, 0.2) is 12.3 Å². The first-order valence-corrected chi connectivity index (χ1v) is 7.06. The Bertz CT molecular complexity index is 506. The average Bonchev–Trinajstić information content (AvgIpc) is 2.38. The fraction of sp³-hybridized carbons (Fsp3) is 0.571. The molecule has 2 heterocycles. The van der Waals surface area contributed by atoms with Crippen LogP contribution >= 0.6 is 11.6 Å². The highest BCUT2D eigenvalue weighted by atomic mass is 35.5.